The second kappa shape index (κ2) is 6.09. The van der Waals surface area contributed by atoms with Gasteiger partial charge >= 0.3 is 0 Å². The molecule has 1 nitrogen and oxygen atoms in total. The van der Waals surface area contributed by atoms with Crippen molar-refractivity contribution in [2.75, 3.05) is 6.54 Å². The molecule has 1 aromatic rings. The number of piperidine rings is 1. The Hall–Kier alpha value is -0.820. The van der Waals surface area contributed by atoms with Crippen molar-refractivity contribution >= 4 is 0 Å². The zero-order valence-electron chi connectivity index (χ0n) is 13.1. The van der Waals surface area contributed by atoms with Crippen LogP contribution in [0.15, 0.2) is 18.2 Å². The fraction of sp³-hybridized carbons (Fsp3) is 0.667. The van der Waals surface area contributed by atoms with Crippen LogP contribution in [0.25, 0.3) is 0 Å². The number of aryl methyl sites for hydroxylation is 2. The standard InChI is InChI=1S/C18H29N/c1-14-13-16(18(2,3)4)10-8-15(14)9-11-17-7-5-6-12-19-17/h8,10,13,17,19H,5-7,9,11-12H2,1-4H3. The first-order valence-electron chi connectivity index (χ1n) is 7.80. The maximum absolute atomic E-state index is 3.64. The van der Waals surface area contributed by atoms with Gasteiger partial charge in [0.2, 0.25) is 0 Å². The van der Waals surface area contributed by atoms with Gasteiger partial charge in [0.15, 0.2) is 0 Å². The fourth-order valence-corrected chi connectivity index (χ4v) is 2.94. The monoisotopic (exact) mass is 259 g/mol. The normalized spacial score (nSPS) is 20.5. The van der Waals surface area contributed by atoms with E-state index in [1.807, 2.05) is 0 Å². The fourth-order valence-electron chi connectivity index (χ4n) is 2.94. The zero-order chi connectivity index (χ0) is 13.9. The van der Waals surface area contributed by atoms with Crippen LogP contribution in [0.4, 0.5) is 0 Å². The Bertz CT molecular complexity index is 408. The molecule has 1 aromatic carbocycles. The molecule has 0 aliphatic carbocycles. The van der Waals surface area contributed by atoms with Gasteiger partial charge < -0.3 is 5.32 Å². The van der Waals surface area contributed by atoms with Crippen molar-refractivity contribution in [2.24, 2.45) is 0 Å². The van der Waals surface area contributed by atoms with Gasteiger partial charge in [0.1, 0.15) is 0 Å². The van der Waals surface area contributed by atoms with E-state index in [0.717, 1.165) is 6.04 Å². The summed E-state index contributed by atoms with van der Waals surface area (Å²) in [4.78, 5) is 0. The SMILES string of the molecule is Cc1cc(C(C)(C)C)ccc1CCC1CCCCN1. The van der Waals surface area contributed by atoms with Crippen molar-refractivity contribution in [1.82, 2.24) is 5.32 Å². The van der Waals surface area contributed by atoms with Crippen molar-refractivity contribution in [3.05, 3.63) is 34.9 Å². The summed E-state index contributed by atoms with van der Waals surface area (Å²) >= 11 is 0. The van der Waals surface area contributed by atoms with E-state index < -0.39 is 0 Å². The van der Waals surface area contributed by atoms with E-state index in [-0.39, 0.29) is 5.41 Å². The van der Waals surface area contributed by atoms with Gasteiger partial charge in [-0.1, -0.05) is 45.4 Å². The Morgan fingerprint density at radius 1 is 1.21 bits per heavy atom. The largest absolute Gasteiger partial charge is 0.314 e. The van der Waals surface area contributed by atoms with Gasteiger partial charge in [-0.2, -0.15) is 0 Å². The average molecular weight is 259 g/mol. The summed E-state index contributed by atoms with van der Waals surface area (Å²) in [5.74, 6) is 0. The molecule has 1 N–H and O–H groups in total. The van der Waals surface area contributed by atoms with Crippen molar-refractivity contribution in [3.63, 3.8) is 0 Å². The van der Waals surface area contributed by atoms with Gasteiger partial charge in [0, 0.05) is 6.04 Å². The highest BCUT2D eigenvalue weighted by molar-refractivity contribution is 5.34. The summed E-state index contributed by atoms with van der Waals surface area (Å²) in [6.07, 6.45) is 6.62. The molecule has 1 heterocycles. The lowest BCUT2D eigenvalue weighted by atomic mass is 9.84. The highest BCUT2D eigenvalue weighted by Crippen LogP contribution is 2.25. The number of hydrogen-bond acceptors (Lipinski definition) is 1. The van der Waals surface area contributed by atoms with E-state index in [1.54, 1.807) is 0 Å². The van der Waals surface area contributed by atoms with Crippen LogP contribution in [0.5, 0.6) is 0 Å². The molecule has 0 bridgehead atoms. The molecule has 1 unspecified atom stereocenters. The average Bonchev–Trinajstić information content (AvgIpc) is 2.37. The first kappa shape index (κ1) is 14.6. The minimum absolute atomic E-state index is 0.258. The molecule has 2 rings (SSSR count). The molecule has 0 radical (unpaired) electrons. The molecular weight excluding hydrogens is 230 g/mol. The third-order valence-electron chi connectivity index (χ3n) is 4.38. The number of nitrogens with one attached hydrogen (secondary N) is 1. The Morgan fingerprint density at radius 2 is 2.00 bits per heavy atom. The van der Waals surface area contributed by atoms with Crippen LogP contribution < -0.4 is 5.32 Å². The van der Waals surface area contributed by atoms with E-state index in [4.69, 9.17) is 0 Å². The summed E-state index contributed by atoms with van der Waals surface area (Å²) in [5, 5.41) is 3.64. The van der Waals surface area contributed by atoms with Crippen LogP contribution in [0.2, 0.25) is 0 Å². The molecule has 1 aliphatic heterocycles. The first-order valence-corrected chi connectivity index (χ1v) is 7.80. The predicted molar refractivity (Wildman–Crippen MR) is 83.8 cm³/mol. The van der Waals surface area contributed by atoms with Gasteiger partial charge in [-0.25, -0.2) is 0 Å². The molecule has 1 aliphatic rings. The van der Waals surface area contributed by atoms with Crippen molar-refractivity contribution in [2.45, 2.75) is 71.3 Å². The minimum atomic E-state index is 0.258. The second-order valence-corrected chi connectivity index (χ2v) is 7.08. The first-order chi connectivity index (χ1) is 8.97. The minimum Gasteiger partial charge on any atom is -0.314 e. The van der Waals surface area contributed by atoms with Crippen LogP contribution in [-0.4, -0.2) is 12.6 Å². The zero-order valence-corrected chi connectivity index (χ0v) is 13.1. The van der Waals surface area contributed by atoms with Crippen molar-refractivity contribution < 1.29 is 0 Å². The van der Waals surface area contributed by atoms with E-state index in [1.165, 1.54) is 55.3 Å². The summed E-state index contributed by atoms with van der Waals surface area (Å²) in [7, 11) is 0. The maximum atomic E-state index is 3.64. The molecule has 1 saturated heterocycles. The Balaban J connectivity index is 1.97. The number of benzene rings is 1. The summed E-state index contributed by atoms with van der Waals surface area (Å²) in [5.41, 5.74) is 4.70. The molecule has 1 fully saturated rings. The third-order valence-corrected chi connectivity index (χ3v) is 4.38. The molecule has 106 valence electrons. The van der Waals surface area contributed by atoms with Gasteiger partial charge in [0.05, 0.1) is 0 Å². The smallest absolute Gasteiger partial charge is 0.00702 e. The summed E-state index contributed by atoms with van der Waals surface area (Å²) in [6.45, 7) is 10.3. The Kier molecular flexibility index (Phi) is 4.67. The maximum Gasteiger partial charge on any atom is 0.00702 e. The van der Waals surface area contributed by atoms with Crippen LogP contribution in [0.1, 0.15) is 63.1 Å². The highest BCUT2D eigenvalue weighted by Gasteiger charge is 2.16. The van der Waals surface area contributed by atoms with E-state index >= 15 is 0 Å². The lowest BCUT2D eigenvalue weighted by Gasteiger charge is -2.24. The summed E-state index contributed by atoms with van der Waals surface area (Å²) in [6, 6.07) is 7.79. The van der Waals surface area contributed by atoms with Crippen LogP contribution >= 0.6 is 0 Å². The number of hydrogen-bond donors (Lipinski definition) is 1. The number of rotatable bonds is 3. The third kappa shape index (κ3) is 4.07. The quantitative estimate of drug-likeness (QED) is 0.850. The van der Waals surface area contributed by atoms with Crippen LogP contribution in [0.3, 0.4) is 0 Å². The molecule has 0 amide bonds. The molecule has 0 spiro atoms. The van der Waals surface area contributed by atoms with E-state index in [2.05, 4.69) is 51.2 Å². The van der Waals surface area contributed by atoms with Gasteiger partial charge in [-0.05, 0) is 61.3 Å². The Labute approximate surface area is 118 Å². The van der Waals surface area contributed by atoms with Crippen molar-refractivity contribution in [1.29, 1.82) is 0 Å². The van der Waals surface area contributed by atoms with Crippen LogP contribution in [0, 0.1) is 6.92 Å². The van der Waals surface area contributed by atoms with Gasteiger partial charge in [-0.15, -0.1) is 0 Å². The van der Waals surface area contributed by atoms with Crippen LogP contribution in [-0.2, 0) is 11.8 Å². The molecule has 0 saturated carbocycles. The molecular formula is C18H29N. The summed E-state index contributed by atoms with van der Waals surface area (Å²) < 4.78 is 0. The topological polar surface area (TPSA) is 12.0 Å². The van der Waals surface area contributed by atoms with Gasteiger partial charge in [0.25, 0.3) is 0 Å². The molecule has 19 heavy (non-hydrogen) atoms. The highest BCUT2D eigenvalue weighted by atomic mass is 14.9. The van der Waals surface area contributed by atoms with Gasteiger partial charge in [-0.3, -0.25) is 0 Å². The molecule has 1 heteroatoms. The van der Waals surface area contributed by atoms with Crippen molar-refractivity contribution in [3.8, 4) is 0 Å². The predicted octanol–water partition coefficient (Wildman–Crippen LogP) is 4.37. The molecule has 0 aromatic heterocycles. The molecule has 1 atom stereocenters. The lowest BCUT2D eigenvalue weighted by molar-refractivity contribution is 0.382. The Morgan fingerprint density at radius 3 is 2.58 bits per heavy atom. The van der Waals surface area contributed by atoms with E-state index in [9.17, 15) is 0 Å². The second-order valence-electron chi connectivity index (χ2n) is 7.08. The lowest BCUT2D eigenvalue weighted by Crippen LogP contribution is -2.34. The van der Waals surface area contributed by atoms with E-state index in [0.29, 0.717) is 0 Å².